The van der Waals surface area contributed by atoms with E-state index in [0.29, 0.717) is 23.5 Å². The Morgan fingerprint density at radius 1 is 1.04 bits per heavy atom. The van der Waals surface area contributed by atoms with E-state index in [9.17, 15) is 9.59 Å². The van der Waals surface area contributed by atoms with Crippen molar-refractivity contribution < 1.29 is 14.3 Å². The van der Waals surface area contributed by atoms with Gasteiger partial charge in [-0.25, -0.2) is 0 Å². The number of nitrogens with zero attached hydrogens (tertiary/aromatic N) is 1. The zero-order chi connectivity index (χ0) is 16.7. The summed E-state index contributed by atoms with van der Waals surface area (Å²) in [6.45, 7) is 2.42. The van der Waals surface area contributed by atoms with Crippen LogP contribution in [0.4, 0.5) is 0 Å². The van der Waals surface area contributed by atoms with Crippen LogP contribution in [0.1, 0.15) is 33.2 Å². The standard InChI is InChI=1S/C17H15N3O3/c1-2-23-15-8-6-13(7-9-15)16(21)19-20-17(22)14-5-3-4-12(10-14)11-18/h3-10H,2H2,1H3,(H,19,21)(H,20,22). The molecule has 0 aliphatic rings. The first-order valence-electron chi connectivity index (χ1n) is 6.97. The van der Waals surface area contributed by atoms with Gasteiger partial charge >= 0.3 is 0 Å². The molecule has 0 aliphatic carbocycles. The third-order valence-corrected chi connectivity index (χ3v) is 2.97. The quantitative estimate of drug-likeness (QED) is 0.845. The molecule has 0 saturated heterocycles. The van der Waals surface area contributed by atoms with Crippen molar-refractivity contribution in [1.82, 2.24) is 10.9 Å². The molecule has 0 radical (unpaired) electrons. The highest BCUT2D eigenvalue weighted by Gasteiger charge is 2.09. The summed E-state index contributed by atoms with van der Waals surface area (Å²) in [6, 6.07) is 14.7. The molecule has 0 aromatic heterocycles. The second-order valence-corrected chi connectivity index (χ2v) is 4.56. The highest BCUT2D eigenvalue weighted by Crippen LogP contribution is 2.11. The van der Waals surface area contributed by atoms with Crippen LogP contribution < -0.4 is 15.6 Å². The van der Waals surface area contributed by atoms with Gasteiger partial charge in [0.15, 0.2) is 0 Å². The van der Waals surface area contributed by atoms with Gasteiger partial charge in [0.05, 0.1) is 18.2 Å². The van der Waals surface area contributed by atoms with Gasteiger partial charge in [0.2, 0.25) is 0 Å². The van der Waals surface area contributed by atoms with Crippen molar-refractivity contribution in [2.45, 2.75) is 6.92 Å². The summed E-state index contributed by atoms with van der Waals surface area (Å²) in [5.74, 6) is -0.277. The summed E-state index contributed by atoms with van der Waals surface area (Å²) in [5, 5.41) is 8.81. The Hall–Kier alpha value is -3.33. The molecule has 6 heteroatoms. The van der Waals surface area contributed by atoms with Crippen molar-refractivity contribution in [2.24, 2.45) is 0 Å². The average molecular weight is 309 g/mol. The van der Waals surface area contributed by atoms with E-state index >= 15 is 0 Å². The van der Waals surface area contributed by atoms with Gasteiger partial charge in [-0.05, 0) is 49.4 Å². The maximum atomic E-state index is 12.0. The van der Waals surface area contributed by atoms with E-state index in [1.807, 2.05) is 13.0 Å². The lowest BCUT2D eigenvalue weighted by molar-refractivity contribution is 0.0846. The fraction of sp³-hybridized carbons (Fsp3) is 0.118. The molecular weight excluding hydrogens is 294 g/mol. The highest BCUT2D eigenvalue weighted by atomic mass is 16.5. The average Bonchev–Trinajstić information content (AvgIpc) is 2.60. The number of benzene rings is 2. The summed E-state index contributed by atoms with van der Waals surface area (Å²) >= 11 is 0. The molecule has 2 aromatic rings. The Morgan fingerprint density at radius 2 is 1.70 bits per heavy atom. The molecule has 2 amide bonds. The van der Waals surface area contributed by atoms with Crippen molar-refractivity contribution in [1.29, 1.82) is 5.26 Å². The van der Waals surface area contributed by atoms with E-state index in [2.05, 4.69) is 10.9 Å². The molecule has 0 atom stereocenters. The number of hydrogen-bond acceptors (Lipinski definition) is 4. The summed E-state index contributed by atoms with van der Waals surface area (Å²) in [7, 11) is 0. The minimum atomic E-state index is -0.499. The van der Waals surface area contributed by atoms with Gasteiger partial charge in [-0.15, -0.1) is 0 Å². The third-order valence-electron chi connectivity index (χ3n) is 2.97. The number of carbonyl (C=O) groups excluding carboxylic acids is 2. The smallest absolute Gasteiger partial charge is 0.269 e. The summed E-state index contributed by atoms with van der Waals surface area (Å²) in [5.41, 5.74) is 5.68. The number of nitrogens with one attached hydrogen (secondary N) is 2. The van der Waals surface area contributed by atoms with Crippen LogP contribution in [-0.4, -0.2) is 18.4 Å². The van der Waals surface area contributed by atoms with Crippen molar-refractivity contribution in [3.8, 4) is 11.8 Å². The Bertz CT molecular complexity index is 748. The number of amides is 2. The first-order valence-corrected chi connectivity index (χ1v) is 6.97. The van der Waals surface area contributed by atoms with E-state index in [1.54, 1.807) is 42.5 Å². The number of ether oxygens (including phenoxy) is 1. The number of rotatable bonds is 4. The Balaban J connectivity index is 1.95. The van der Waals surface area contributed by atoms with Crippen LogP contribution in [0.25, 0.3) is 0 Å². The van der Waals surface area contributed by atoms with Gasteiger partial charge in [0.1, 0.15) is 5.75 Å². The number of hydrogen-bond donors (Lipinski definition) is 2. The lowest BCUT2D eigenvalue weighted by Gasteiger charge is -2.08. The Kier molecular flexibility index (Phi) is 5.31. The minimum absolute atomic E-state index is 0.288. The van der Waals surface area contributed by atoms with Crippen molar-refractivity contribution >= 4 is 11.8 Å². The molecule has 116 valence electrons. The zero-order valence-corrected chi connectivity index (χ0v) is 12.5. The van der Waals surface area contributed by atoms with Crippen LogP contribution in [0.15, 0.2) is 48.5 Å². The van der Waals surface area contributed by atoms with Crippen LogP contribution in [-0.2, 0) is 0 Å². The predicted molar refractivity (Wildman–Crippen MR) is 83.7 cm³/mol. The molecule has 0 aliphatic heterocycles. The maximum absolute atomic E-state index is 12.0. The second kappa shape index (κ2) is 7.61. The van der Waals surface area contributed by atoms with Crippen LogP contribution in [0.5, 0.6) is 5.75 Å². The van der Waals surface area contributed by atoms with Crippen molar-refractivity contribution in [3.05, 3.63) is 65.2 Å². The summed E-state index contributed by atoms with van der Waals surface area (Å²) in [6.07, 6.45) is 0. The van der Waals surface area contributed by atoms with Crippen LogP contribution in [0.3, 0.4) is 0 Å². The fourth-order valence-electron chi connectivity index (χ4n) is 1.86. The van der Waals surface area contributed by atoms with Gasteiger partial charge in [0, 0.05) is 11.1 Å². The normalized spacial score (nSPS) is 9.57. The lowest BCUT2D eigenvalue weighted by atomic mass is 10.1. The maximum Gasteiger partial charge on any atom is 0.269 e. The van der Waals surface area contributed by atoms with Gasteiger partial charge < -0.3 is 4.74 Å². The molecule has 0 heterocycles. The predicted octanol–water partition coefficient (Wildman–Crippen LogP) is 2.03. The Labute approximate surface area is 133 Å². The van der Waals surface area contributed by atoms with E-state index in [0.717, 1.165) is 0 Å². The Morgan fingerprint density at radius 3 is 2.30 bits per heavy atom. The molecule has 0 fully saturated rings. The minimum Gasteiger partial charge on any atom is -0.494 e. The highest BCUT2D eigenvalue weighted by molar-refractivity contribution is 5.99. The summed E-state index contributed by atoms with van der Waals surface area (Å²) < 4.78 is 5.29. The van der Waals surface area contributed by atoms with Crippen molar-refractivity contribution in [2.75, 3.05) is 6.61 Å². The molecule has 0 bridgehead atoms. The molecule has 0 saturated carbocycles. The molecule has 0 unspecified atom stereocenters. The van der Waals surface area contributed by atoms with E-state index < -0.39 is 11.8 Å². The van der Waals surface area contributed by atoms with Gasteiger partial charge in [-0.3, -0.25) is 20.4 Å². The molecule has 2 aromatic carbocycles. The second-order valence-electron chi connectivity index (χ2n) is 4.56. The van der Waals surface area contributed by atoms with E-state index in [4.69, 9.17) is 10.00 Å². The monoisotopic (exact) mass is 309 g/mol. The zero-order valence-electron chi connectivity index (χ0n) is 12.5. The summed E-state index contributed by atoms with van der Waals surface area (Å²) in [4.78, 5) is 23.9. The number of carbonyl (C=O) groups is 2. The van der Waals surface area contributed by atoms with E-state index in [1.165, 1.54) is 6.07 Å². The first-order chi connectivity index (χ1) is 11.1. The van der Waals surface area contributed by atoms with Gasteiger partial charge in [-0.1, -0.05) is 6.07 Å². The fourth-order valence-corrected chi connectivity index (χ4v) is 1.86. The van der Waals surface area contributed by atoms with Gasteiger partial charge in [0.25, 0.3) is 11.8 Å². The molecule has 6 nitrogen and oxygen atoms in total. The topological polar surface area (TPSA) is 91.2 Å². The molecule has 23 heavy (non-hydrogen) atoms. The van der Waals surface area contributed by atoms with Crippen LogP contribution >= 0.6 is 0 Å². The first kappa shape index (κ1) is 16.0. The van der Waals surface area contributed by atoms with E-state index in [-0.39, 0.29) is 5.56 Å². The van der Waals surface area contributed by atoms with Crippen molar-refractivity contribution in [3.63, 3.8) is 0 Å². The van der Waals surface area contributed by atoms with Crippen LogP contribution in [0, 0.1) is 11.3 Å². The molecule has 2 rings (SSSR count). The number of nitriles is 1. The SMILES string of the molecule is CCOc1ccc(C(=O)NNC(=O)c2cccc(C#N)c2)cc1. The van der Waals surface area contributed by atoms with Gasteiger partial charge in [-0.2, -0.15) is 5.26 Å². The molecular formula is C17H15N3O3. The lowest BCUT2D eigenvalue weighted by Crippen LogP contribution is -2.41. The number of hydrazine groups is 1. The third kappa shape index (κ3) is 4.32. The largest absolute Gasteiger partial charge is 0.494 e. The van der Waals surface area contributed by atoms with Crippen LogP contribution in [0.2, 0.25) is 0 Å². The molecule has 2 N–H and O–H groups in total. The molecule has 0 spiro atoms.